The number of β-amino-alcohol motifs (C(OH)–C–C–N with tert-alkyl or cyclic N) is 1. The van der Waals surface area contributed by atoms with Gasteiger partial charge in [-0.05, 0) is 58.9 Å². The Labute approximate surface area is 204 Å². The lowest BCUT2D eigenvalue weighted by Gasteiger charge is -2.47. The Hall–Kier alpha value is -1.23. The highest BCUT2D eigenvalue weighted by Crippen LogP contribution is 2.38. The fourth-order valence-corrected chi connectivity index (χ4v) is 7.63. The summed E-state index contributed by atoms with van der Waals surface area (Å²) < 4.78 is 23.8. The smallest absolute Gasteiger partial charge is 0.238 e. The first kappa shape index (κ1) is 27.4. The van der Waals surface area contributed by atoms with Gasteiger partial charge in [0.2, 0.25) is 11.8 Å². The first-order valence-corrected chi connectivity index (χ1v) is 14.6. The molecule has 10 heteroatoms. The molecule has 2 aliphatic heterocycles. The molecule has 0 bridgehead atoms. The fourth-order valence-electron chi connectivity index (χ4n) is 5.84. The zero-order valence-corrected chi connectivity index (χ0v) is 22.2. The van der Waals surface area contributed by atoms with E-state index in [0.717, 1.165) is 25.8 Å². The highest BCUT2D eigenvalue weighted by atomic mass is 32.2. The third-order valence-corrected chi connectivity index (χ3v) is 9.23. The molecular weight excluding hydrogens is 456 g/mol. The highest BCUT2D eigenvalue weighted by molar-refractivity contribution is 7.91. The molecule has 9 nitrogen and oxygen atoms in total. The van der Waals surface area contributed by atoms with Crippen molar-refractivity contribution in [2.75, 3.05) is 31.8 Å². The van der Waals surface area contributed by atoms with E-state index in [4.69, 9.17) is 0 Å². The number of likely N-dealkylation sites (N-methyl/N-ethyl adjacent to an activating group) is 1. The first-order chi connectivity index (χ1) is 15.8. The Morgan fingerprint density at radius 2 is 1.74 bits per heavy atom. The monoisotopic (exact) mass is 500 g/mol. The van der Waals surface area contributed by atoms with Gasteiger partial charge >= 0.3 is 0 Å². The quantitative estimate of drug-likeness (QED) is 0.471. The number of carbonyl (C=O) groups is 2. The number of hydrogen-bond donors (Lipinski definition) is 3. The van der Waals surface area contributed by atoms with Crippen LogP contribution in [0.3, 0.4) is 0 Å². The van der Waals surface area contributed by atoms with Crippen molar-refractivity contribution < 1.29 is 23.1 Å². The van der Waals surface area contributed by atoms with Crippen molar-refractivity contribution in [2.24, 2.45) is 11.8 Å². The molecular formula is C24H44N4O5S. The summed E-state index contributed by atoms with van der Waals surface area (Å²) in [6.45, 7) is 8.87. The second-order valence-corrected chi connectivity index (χ2v) is 13.7. The molecule has 34 heavy (non-hydrogen) atoms. The molecule has 1 saturated carbocycles. The average Bonchev–Trinajstić information content (AvgIpc) is 3.02. The number of nitrogens with one attached hydrogen (secondary N) is 2. The third kappa shape index (κ3) is 6.92. The van der Waals surface area contributed by atoms with Gasteiger partial charge in [0.05, 0.1) is 23.9 Å². The van der Waals surface area contributed by atoms with E-state index >= 15 is 0 Å². The van der Waals surface area contributed by atoms with Crippen molar-refractivity contribution in [3.8, 4) is 0 Å². The molecule has 2 amide bonds. The number of aliphatic hydroxyl groups is 1. The molecule has 196 valence electrons. The largest absolute Gasteiger partial charge is 0.390 e. The summed E-state index contributed by atoms with van der Waals surface area (Å²) in [6.07, 6.45) is 5.19. The minimum absolute atomic E-state index is 0.00130. The number of sulfone groups is 1. The molecule has 6 atom stereocenters. The summed E-state index contributed by atoms with van der Waals surface area (Å²) in [7, 11) is -1.64. The van der Waals surface area contributed by atoms with Gasteiger partial charge in [-0.1, -0.05) is 26.2 Å². The molecule has 0 aromatic carbocycles. The number of hydrogen-bond acceptors (Lipinski definition) is 7. The predicted octanol–water partition coefficient (Wildman–Crippen LogP) is 0.724. The second-order valence-electron chi connectivity index (χ2n) is 11.7. The van der Waals surface area contributed by atoms with Crippen molar-refractivity contribution in [3.05, 3.63) is 0 Å². The zero-order valence-electron chi connectivity index (χ0n) is 21.4. The molecule has 0 aromatic heterocycles. The number of nitrogens with zero attached hydrogens (tertiary/aromatic N) is 2. The van der Waals surface area contributed by atoms with Crippen LogP contribution in [0.25, 0.3) is 0 Å². The molecule has 0 spiro atoms. The summed E-state index contributed by atoms with van der Waals surface area (Å²) in [5, 5.41) is 17.1. The second kappa shape index (κ2) is 10.8. The van der Waals surface area contributed by atoms with Crippen LogP contribution in [0.2, 0.25) is 0 Å². The minimum atomic E-state index is -3.27. The van der Waals surface area contributed by atoms with Gasteiger partial charge in [-0.25, -0.2) is 8.42 Å². The van der Waals surface area contributed by atoms with Gasteiger partial charge in [0.25, 0.3) is 0 Å². The van der Waals surface area contributed by atoms with E-state index in [-0.39, 0.29) is 35.0 Å². The summed E-state index contributed by atoms with van der Waals surface area (Å²) in [6, 6.07) is -1.55. The van der Waals surface area contributed by atoms with Gasteiger partial charge in [-0.15, -0.1) is 0 Å². The Morgan fingerprint density at radius 3 is 2.29 bits per heavy atom. The predicted molar refractivity (Wildman–Crippen MR) is 132 cm³/mol. The summed E-state index contributed by atoms with van der Waals surface area (Å²) >= 11 is 0. The third-order valence-electron chi connectivity index (χ3n) is 7.60. The summed E-state index contributed by atoms with van der Waals surface area (Å²) in [5.74, 6) is 0.365. The number of aliphatic hydroxyl groups excluding tert-OH is 1. The SMILES string of the molecule is CCC(NC(=O)C1CS(=O)(=O)CN1C)C(O)CN1CC2CCCCC2CC1C(=O)NC(C)(C)C. The van der Waals surface area contributed by atoms with E-state index < -0.39 is 28.0 Å². The zero-order chi connectivity index (χ0) is 25.3. The molecule has 1 aliphatic carbocycles. The van der Waals surface area contributed by atoms with Crippen LogP contribution in [0, 0.1) is 11.8 Å². The van der Waals surface area contributed by atoms with E-state index in [0.29, 0.717) is 24.8 Å². The van der Waals surface area contributed by atoms with Crippen LogP contribution in [0.1, 0.15) is 66.2 Å². The number of amides is 2. The molecule has 0 aromatic rings. The lowest BCUT2D eigenvalue weighted by molar-refractivity contribution is -0.133. The van der Waals surface area contributed by atoms with Gasteiger partial charge in [0.15, 0.2) is 9.84 Å². The standard InChI is InChI=1S/C24H44N4O5S/c1-6-18(25-22(30)20-14-34(32,33)15-27(20)5)21(29)13-28-12-17-10-8-7-9-16(17)11-19(28)23(31)26-24(2,3)4/h16-21,29H,6-15H2,1-5H3,(H,25,30)(H,26,31). The van der Waals surface area contributed by atoms with Crippen molar-refractivity contribution >= 4 is 21.7 Å². The minimum Gasteiger partial charge on any atom is -0.390 e. The van der Waals surface area contributed by atoms with Gasteiger partial charge < -0.3 is 15.7 Å². The first-order valence-electron chi connectivity index (χ1n) is 12.7. The molecule has 6 unspecified atom stereocenters. The Balaban J connectivity index is 1.68. The maximum atomic E-state index is 13.2. The topological polar surface area (TPSA) is 119 Å². The molecule has 0 radical (unpaired) electrons. The molecule has 3 aliphatic rings. The molecule has 3 N–H and O–H groups in total. The Kier molecular flexibility index (Phi) is 8.69. The lowest BCUT2D eigenvalue weighted by atomic mass is 9.72. The highest BCUT2D eigenvalue weighted by Gasteiger charge is 2.42. The number of piperidine rings is 1. The van der Waals surface area contributed by atoms with Gasteiger partial charge in [-0.3, -0.25) is 19.4 Å². The molecule has 2 heterocycles. The van der Waals surface area contributed by atoms with E-state index in [2.05, 4.69) is 15.5 Å². The fraction of sp³-hybridized carbons (Fsp3) is 0.917. The van der Waals surface area contributed by atoms with Crippen LogP contribution in [0.15, 0.2) is 0 Å². The van der Waals surface area contributed by atoms with Crippen LogP contribution in [-0.2, 0) is 19.4 Å². The number of likely N-dealkylation sites (tertiary alicyclic amines) is 1. The van der Waals surface area contributed by atoms with Crippen molar-refractivity contribution in [3.63, 3.8) is 0 Å². The number of fused-ring (bicyclic) bond motifs is 1. The van der Waals surface area contributed by atoms with Crippen molar-refractivity contribution in [2.45, 2.75) is 96.0 Å². The van der Waals surface area contributed by atoms with Gasteiger partial charge in [0.1, 0.15) is 11.9 Å². The summed E-state index contributed by atoms with van der Waals surface area (Å²) in [5.41, 5.74) is -0.335. The van der Waals surface area contributed by atoms with Crippen LogP contribution in [0.4, 0.5) is 0 Å². The van der Waals surface area contributed by atoms with Crippen LogP contribution >= 0.6 is 0 Å². The Morgan fingerprint density at radius 1 is 1.09 bits per heavy atom. The van der Waals surface area contributed by atoms with Gasteiger partial charge in [-0.2, -0.15) is 0 Å². The van der Waals surface area contributed by atoms with Crippen molar-refractivity contribution in [1.82, 2.24) is 20.4 Å². The number of rotatable bonds is 7. The Bertz CT molecular complexity index is 843. The molecule has 3 rings (SSSR count). The van der Waals surface area contributed by atoms with E-state index in [1.165, 1.54) is 17.7 Å². The van der Waals surface area contributed by atoms with Crippen molar-refractivity contribution in [1.29, 1.82) is 0 Å². The number of carbonyl (C=O) groups excluding carboxylic acids is 2. The normalized spacial score (nSPS) is 31.9. The maximum Gasteiger partial charge on any atom is 0.238 e. The summed E-state index contributed by atoms with van der Waals surface area (Å²) in [4.78, 5) is 29.7. The van der Waals surface area contributed by atoms with Gasteiger partial charge in [0, 0.05) is 18.6 Å². The van der Waals surface area contributed by atoms with E-state index in [9.17, 15) is 23.1 Å². The van der Waals surface area contributed by atoms with Crippen LogP contribution in [0.5, 0.6) is 0 Å². The van der Waals surface area contributed by atoms with E-state index in [1.54, 1.807) is 7.05 Å². The van der Waals surface area contributed by atoms with Crippen LogP contribution in [-0.4, -0.2) is 96.7 Å². The van der Waals surface area contributed by atoms with Crippen LogP contribution < -0.4 is 10.6 Å². The average molecular weight is 501 g/mol. The molecule has 2 saturated heterocycles. The maximum absolute atomic E-state index is 13.2. The van der Waals surface area contributed by atoms with E-state index in [1.807, 2.05) is 27.7 Å². The molecule has 3 fully saturated rings. The lowest BCUT2D eigenvalue weighted by Crippen LogP contribution is -2.60.